The van der Waals surface area contributed by atoms with Gasteiger partial charge in [0.1, 0.15) is 23.0 Å². The van der Waals surface area contributed by atoms with Crippen molar-refractivity contribution in [2.75, 3.05) is 6.61 Å². The molecule has 0 fully saturated rings. The number of carbonyl (C=O) groups is 2. The van der Waals surface area contributed by atoms with Crippen molar-refractivity contribution in [2.45, 2.75) is 32.6 Å². The van der Waals surface area contributed by atoms with E-state index in [0.717, 1.165) is 5.56 Å². The number of benzene rings is 2. The molecule has 0 saturated carbocycles. The molecule has 0 heterocycles. The Kier molecular flexibility index (Phi) is 7.35. The molecule has 164 valence electrons. The summed E-state index contributed by atoms with van der Waals surface area (Å²) in [7, 11) is -4.05. The average molecular weight is 445 g/mol. The summed E-state index contributed by atoms with van der Waals surface area (Å²) in [5.74, 6) is -1.83. The van der Waals surface area contributed by atoms with Gasteiger partial charge in [0.05, 0.1) is 11.1 Å². The molecule has 0 saturated heterocycles. The quantitative estimate of drug-likeness (QED) is 0.208. The molecular formula is C22H23NO7S. The van der Waals surface area contributed by atoms with Crippen LogP contribution >= 0.6 is 0 Å². The Hall–Kier alpha value is -3.46. The zero-order valence-electron chi connectivity index (χ0n) is 17.6. The molecule has 0 spiro atoms. The summed E-state index contributed by atoms with van der Waals surface area (Å²) in [5, 5.41) is 17.4. The smallest absolute Gasteiger partial charge is 0.339 e. The second-order valence-corrected chi connectivity index (χ2v) is 8.42. The van der Waals surface area contributed by atoms with Crippen LogP contribution in [0.1, 0.15) is 35.3 Å². The van der Waals surface area contributed by atoms with E-state index in [0.29, 0.717) is 5.56 Å². The maximum Gasteiger partial charge on any atom is 0.339 e. The average Bonchev–Trinajstić information content (AvgIpc) is 2.67. The number of ether oxygens (including phenoxy) is 1. The molecule has 0 radical (unpaired) electrons. The van der Waals surface area contributed by atoms with E-state index in [2.05, 4.69) is 0 Å². The number of hydrogen-bond donors (Lipinski definition) is 2. The first-order valence-corrected chi connectivity index (χ1v) is 10.6. The van der Waals surface area contributed by atoms with Gasteiger partial charge < -0.3 is 19.4 Å². The first-order chi connectivity index (χ1) is 14.4. The maximum atomic E-state index is 12.6. The van der Waals surface area contributed by atoms with E-state index in [1.807, 2.05) is 0 Å². The van der Waals surface area contributed by atoms with E-state index in [4.69, 9.17) is 14.3 Å². The van der Waals surface area contributed by atoms with Gasteiger partial charge in [0, 0.05) is 5.71 Å². The number of carbonyl (C=O) groups excluding carboxylic acids is 2. The number of rotatable bonds is 8. The zero-order valence-corrected chi connectivity index (χ0v) is 18.4. The van der Waals surface area contributed by atoms with E-state index in [1.54, 1.807) is 26.0 Å². The predicted molar refractivity (Wildman–Crippen MR) is 114 cm³/mol. The van der Waals surface area contributed by atoms with Crippen LogP contribution in [0.4, 0.5) is 0 Å². The maximum absolute atomic E-state index is 12.6. The number of aryl methyl sites for hydroxylation is 2. The highest BCUT2D eigenvalue weighted by Gasteiger charge is 2.20. The second kappa shape index (κ2) is 9.57. The van der Waals surface area contributed by atoms with Gasteiger partial charge in [-0.15, -0.1) is 0 Å². The van der Waals surface area contributed by atoms with Crippen LogP contribution < -0.4 is 4.18 Å². The van der Waals surface area contributed by atoms with Gasteiger partial charge in [0.25, 0.3) is 0 Å². The Morgan fingerprint density at radius 2 is 1.65 bits per heavy atom. The lowest BCUT2D eigenvalue weighted by Crippen LogP contribution is -2.15. The van der Waals surface area contributed by atoms with E-state index >= 15 is 0 Å². The van der Waals surface area contributed by atoms with Gasteiger partial charge in [-0.2, -0.15) is 8.42 Å². The van der Waals surface area contributed by atoms with Crippen LogP contribution in [-0.2, 0) is 19.6 Å². The highest BCUT2D eigenvalue weighted by atomic mass is 32.2. The highest BCUT2D eigenvalue weighted by Crippen LogP contribution is 2.23. The van der Waals surface area contributed by atoms with E-state index < -0.39 is 34.2 Å². The van der Waals surface area contributed by atoms with Crippen LogP contribution in [-0.4, -0.2) is 37.6 Å². The number of nitrogens with one attached hydrogen (secondary N) is 1. The monoisotopic (exact) mass is 445 g/mol. The lowest BCUT2D eigenvalue weighted by Gasteiger charge is -2.11. The summed E-state index contributed by atoms with van der Waals surface area (Å²) in [5.41, 5.74) is 1.04. The van der Waals surface area contributed by atoms with Crippen molar-refractivity contribution in [1.29, 1.82) is 5.41 Å². The van der Waals surface area contributed by atoms with Crippen molar-refractivity contribution in [3.8, 4) is 5.75 Å². The molecule has 8 nitrogen and oxygen atoms in total. The standard InChI is InChI=1S/C22H23NO7S/c1-13-5-6-14(2)20(11-13)31(27,28)30-18-9-7-17(8-10-18)22(26)29-12-19(25)21(15(3)23)16(4)24/h5-11,23,25H,12H2,1-4H3/b21-19-,23-15?. The van der Waals surface area contributed by atoms with Gasteiger partial charge >= 0.3 is 16.1 Å². The molecule has 0 bridgehead atoms. The number of allylic oxidation sites excluding steroid dienone is 1. The largest absolute Gasteiger partial charge is 0.508 e. The minimum atomic E-state index is -4.05. The van der Waals surface area contributed by atoms with Crippen LogP contribution in [0.15, 0.2) is 58.7 Å². The zero-order chi connectivity index (χ0) is 23.3. The number of esters is 1. The lowest BCUT2D eigenvalue weighted by atomic mass is 10.1. The van der Waals surface area contributed by atoms with Crippen LogP contribution in [0.25, 0.3) is 0 Å². The van der Waals surface area contributed by atoms with Crippen LogP contribution in [0.3, 0.4) is 0 Å². The SMILES string of the molecule is CC(=N)/C(C(C)=O)=C(/O)COC(=O)c1ccc(OS(=O)(=O)c2cc(C)ccc2C)cc1. The Labute approximate surface area is 180 Å². The minimum Gasteiger partial charge on any atom is -0.508 e. The van der Waals surface area contributed by atoms with Gasteiger partial charge in [-0.3, -0.25) is 4.79 Å². The number of hydrogen-bond acceptors (Lipinski definition) is 8. The van der Waals surface area contributed by atoms with Gasteiger partial charge in [-0.1, -0.05) is 12.1 Å². The van der Waals surface area contributed by atoms with Gasteiger partial charge in [0.15, 0.2) is 5.78 Å². The van der Waals surface area contributed by atoms with Gasteiger partial charge in [-0.25, -0.2) is 4.79 Å². The molecule has 31 heavy (non-hydrogen) atoms. The molecular weight excluding hydrogens is 422 g/mol. The minimum absolute atomic E-state index is 0.0125. The molecule has 0 aliphatic carbocycles. The van der Waals surface area contributed by atoms with Crippen molar-refractivity contribution >= 4 is 27.6 Å². The summed E-state index contributed by atoms with van der Waals surface area (Å²) in [6.45, 7) is 5.38. The normalized spacial score (nSPS) is 12.0. The van der Waals surface area contributed by atoms with Gasteiger partial charge in [-0.05, 0) is 69.2 Å². The lowest BCUT2D eigenvalue weighted by molar-refractivity contribution is -0.113. The van der Waals surface area contributed by atoms with Gasteiger partial charge in [0.2, 0.25) is 0 Å². The second-order valence-electron chi connectivity index (χ2n) is 6.91. The topological polar surface area (TPSA) is 131 Å². The number of ketones is 1. The van der Waals surface area contributed by atoms with Crippen LogP contribution in [0.5, 0.6) is 5.75 Å². The molecule has 0 aliphatic heterocycles. The summed E-state index contributed by atoms with van der Waals surface area (Å²) in [6.07, 6.45) is 0. The number of Topliss-reactive ketones (excluding diaryl/α,β-unsaturated/α-hetero) is 1. The molecule has 0 atom stereocenters. The Morgan fingerprint density at radius 3 is 2.19 bits per heavy atom. The third-order valence-corrected chi connectivity index (χ3v) is 5.65. The van der Waals surface area contributed by atoms with Crippen molar-refractivity contribution in [1.82, 2.24) is 0 Å². The first-order valence-electron chi connectivity index (χ1n) is 9.20. The molecule has 0 amide bonds. The molecule has 2 aromatic carbocycles. The fraction of sp³-hybridized carbons (Fsp3) is 0.227. The van der Waals surface area contributed by atoms with Crippen molar-refractivity contribution in [2.24, 2.45) is 0 Å². The molecule has 0 aromatic heterocycles. The molecule has 2 rings (SSSR count). The fourth-order valence-electron chi connectivity index (χ4n) is 2.77. The van der Waals surface area contributed by atoms with E-state index in [1.165, 1.54) is 44.2 Å². The van der Waals surface area contributed by atoms with Crippen molar-refractivity contribution < 1.29 is 32.0 Å². The predicted octanol–water partition coefficient (Wildman–Crippen LogP) is 3.67. The Bertz CT molecular complexity index is 1150. The third kappa shape index (κ3) is 6.02. The Balaban J connectivity index is 2.12. The fourth-order valence-corrected chi connectivity index (χ4v) is 4.01. The van der Waals surface area contributed by atoms with E-state index in [-0.39, 0.29) is 27.5 Å². The number of aliphatic hydroxyl groups is 1. The first kappa shape index (κ1) is 23.8. The van der Waals surface area contributed by atoms with E-state index in [9.17, 15) is 23.1 Å². The molecule has 0 unspecified atom stereocenters. The highest BCUT2D eigenvalue weighted by molar-refractivity contribution is 7.87. The summed E-state index contributed by atoms with van der Waals surface area (Å²) in [6, 6.07) is 10.2. The Morgan fingerprint density at radius 1 is 1.03 bits per heavy atom. The molecule has 2 N–H and O–H groups in total. The van der Waals surface area contributed by atoms with Crippen molar-refractivity contribution in [3.63, 3.8) is 0 Å². The summed E-state index contributed by atoms with van der Waals surface area (Å²) < 4.78 is 35.2. The summed E-state index contributed by atoms with van der Waals surface area (Å²) >= 11 is 0. The number of aliphatic hydroxyl groups excluding tert-OH is 1. The van der Waals surface area contributed by atoms with Crippen molar-refractivity contribution in [3.05, 3.63) is 70.5 Å². The van der Waals surface area contributed by atoms with Crippen LogP contribution in [0.2, 0.25) is 0 Å². The third-order valence-electron chi connectivity index (χ3n) is 4.26. The molecule has 9 heteroatoms. The molecule has 0 aliphatic rings. The molecule has 2 aromatic rings. The summed E-state index contributed by atoms with van der Waals surface area (Å²) in [4.78, 5) is 23.7. The van der Waals surface area contributed by atoms with Crippen LogP contribution in [0, 0.1) is 19.3 Å².